The molecule has 0 radical (unpaired) electrons. The SMILES string of the molecule is CCCCN(CCCl)Cc1cccc(Cl)c1F. The summed E-state index contributed by atoms with van der Waals surface area (Å²) < 4.78 is 13.7. The highest BCUT2D eigenvalue weighted by Crippen LogP contribution is 2.19. The second-order valence-corrected chi connectivity index (χ2v) is 4.82. The lowest BCUT2D eigenvalue weighted by molar-refractivity contribution is 0.273. The first kappa shape index (κ1) is 14.7. The Morgan fingerprint density at radius 2 is 2.06 bits per heavy atom. The van der Waals surface area contributed by atoms with Gasteiger partial charge in [0.25, 0.3) is 0 Å². The summed E-state index contributed by atoms with van der Waals surface area (Å²) in [6, 6.07) is 5.12. The first-order chi connectivity index (χ1) is 8.19. The lowest BCUT2D eigenvalue weighted by Gasteiger charge is -2.21. The summed E-state index contributed by atoms with van der Waals surface area (Å²) in [7, 11) is 0. The van der Waals surface area contributed by atoms with E-state index < -0.39 is 0 Å². The molecule has 0 N–H and O–H groups in total. The van der Waals surface area contributed by atoms with E-state index in [-0.39, 0.29) is 10.8 Å². The van der Waals surface area contributed by atoms with Crippen LogP contribution in [0.25, 0.3) is 0 Å². The van der Waals surface area contributed by atoms with Crippen molar-refractivity contribution >= 4 is 23.2 Å². The number of rotatable bonds is 7. The average Bonchev–Trinajstić information content (AvgIpc) is 2.32. The maximum Gasteiger partial charge on any atom is 0.146 e. The predicted octanol–water partition coefficient (Wildman–Crippen LogP) is 4.32. The monoisotopic (exact) mass is 277 g/mol. The Hall–Kier alpha value is -0.310. The molecule has 4 heteroatoms. The van der Waals surface area contributed by atoms with Crippen molar-refractivity contribution in [3.05, 3.63) is 34.6 Å². The molecule has 0 aliphatic rings. The molecule has 0 bridgehead atoms. The molecule has 0 heterocycles. The number of unbranched alkanes of at least 4 members (excludes halogenated alkanes) is 1. The van der Waals surface area contributed by atoms with Crippen molar-refractivity contribution in [1.29, 1.82) is 0 Å². The van der Waals surface area contributed by atoms with Crippen LogP contribution in [-0.4, -0.2) is 23.9 Å². The Bertz CT molecular complexity index is 344. The van der Waals surface area contributed by atoms with E-state index in [1.165, 1.54) is 0 Å². The first-order valence-corrected chi connectivity index (χ1v) is 6.81. The topological polar surface area (TPSA) is 3.24 Å². The van der Waals surface area contributed by atoms with Crippen LogP contribution >= 0.6 is 23.2 Å². The number of hydrogen-bond acceptors (Lipinski definition) is 1. The van der Waals surface area contributed by atoms with Gasteiger partial charge in [-0.1, -0.05) is 37.1 Å². The van der Waals surface area contributed by atoms with Gasteiger partial charge in [0.1, 0.15) is 5.82 Å². The highest BCUT2D eigenvalue weighted by Gasteiger charge is 2.10. The third-order valence-electron chi connectivity index (χ3n) is 2.65. The molecule has 0 aliphatic carbocycles. The van der Waals surface area contributed by atoms with Gasteiger partial charge in [0.05, 0.1) is 5.02 Å². The molecule has 1 aromatic carbocycles. The number of hydrogen-bond donors (Lipinski definition) is 0. The summed E-state index contributed by atoms with van der Waals surface area (Å²) in [5.41, 5.74) is 0.638. The van der Waals surface area contributed by atoms with Crippen LogP contribution in [0.1, 0.15) is 25.3 Å². The van der Waals surface area contributed by atoms with Crippen LogP contribution in [0.3, 0.4) is 0 Å². The summed E-state index contributed by atoms with van der Waals surface area (Å²) in [5.74, 6) is 0.247. The Labute approximate surface area is 113 Å². The first-order valence-electron chi connectivity index (χ1n) is 5.90. The average molecular weight is 278 g/mol. The fraction of sp³-hybridized carbons (Fsp3) is 0.538. The van der Waals surface area contributed by atoms with Crippen molar-refractivity contribution in [2.45, 2.75) is 26.3 Å². The minimum absolute atomic E-state index is 0.184. The highest BCUT2D eigenvalue weighted by molar-refractivity contribution is 6.30. The minimum atomic E-state index is -0.315. The van der Waals surface area contributed by atoms with Crippen molar-refractivity contribution in [3.63, 3.8) is 0 Å². The zero-order valence-corrected chi connectivity index (χ0v) is 11.6. The molecule has 0 spiro atoms. The molecule has 1 rings (SSSR count). The number of nitrogens with zero attached hydrogens (tertiary/aromatic N) is 1. The summed E-state index contributed by atoms with van der Waals surface area (Å²) in [6.07, 6.45) is 2.22. The van der Waals surface area contributed by atoms with E-state index in [1.54, 1.807) is 18.2 Å². The molecule has 1 aromatic rings. The Balaban J connectivity index is 2.67. The van der Waals surface area contributed by atoms with Crippen molar-refractivity contribution in [3.8, 4) is 0 Å². The van der Waals surface area contributed by atoms with E-state index in [2.05, 4.69) is 11.8 Å². The van der Waals surface area contributed by atoms with Crippen LogP contribution in [0.15, 0.2) is 18.2 Å². The van der Waals surface area contributed by atoms with Crippen molar-refractivity contribution in [2.24, 2.45) is 0 Å². The van der Waals surface area contributed by atoms with E-state index in [0.29, 0.717) is 18.0 Å². The third-order valence-corrected chi connectivity index (χ3v) is 3.12. The third kappa shape index (κ3) is 4.82. The fourth-order valence-electron chi connectivity index (χ4n) is 1.68. The van der Waals surface area contributed by atoms with Crippen LogP contribution in [0, 0.1) is 5.82 Å². The van der Waals surface area contributed by atoms with Crippen molar-refractivity contribution < 1.29 is 4.39 Å². The molecule has 0 amide bonds. The van der Waals surface area contributed by atoms with Crippen molar-refractivity contribution in [1.82, 2.24) is 4.90 Å². The molecule has 0 aromatic heterocycles. The zero-order valence-electron chi connectivity index (χ0n) is 10.1. The van der Waals surface area contributed by atoms with E-state index in [1.807, 2.05) is 0 Å². The quantitative estimate of drug-likeness (QED) is 0.671. The van der Waals surface area contributed by atoms with Gasteiger partial charge in [-0.2, -0.15) is 0 Å². The largest absolute Gasteiger partial charge is 0.298 e. The lowest BCUT2D eigenvalue weighted by atomic mass is 10.2. The Morgan fingerprint density at radius 3 is 2.71 bits per heavy atom. The maximum atomic E-state index is 13.7. The van der Waals surface area contributed by atoms with Crippen LogP contribution in [-0.2, 0) is 6.54 Å². The molecule has 0 saturated carbocycles. The van der Waals surface area contributed by atoms with E-state index in [4.69, 9.17) is 23.2 Å². The van der Waals surface area contributed by atoms with Crippen molar-refractivity contribution in [2.75, 3.05) is 19.0 Å². The Kier molecular flexibility index (Phi) is 6.86. The lowest BCUT2D eigenvalue weighted by Crippen LogP contribution is -2.27. The van der Waals surface area contributed by atoms with Gasteiger partial charge in [-0.15, -0.1) is 11.6 Å². The van der Waals surface area contributed by atoms with Crippen LogP contribution in [0.2, 0.25) is 5.02 Å². The van der Waals surface area contributed by atoms with E-state index in [0.717, 1.165) is 25.9 Å². The standard InChI is InChI=1S/C13H18Cl2FN/c1-2-3-8-17(9-7-14)10-11-5-4-6-12(15)13(11)16/h4-6H,2-3,7-10H2,1H3. The molecule has 0 fully saturated rings. The molecule has 0 atom stereocenters. The van der Waals surface area contributed by atoms with E-state index in [9.17, 15) is 4.39 Å². The number of alkyl halides is 1. The van der Waals surface area contributed by atoms with Gasteiger partial charge in [0.15, 0.2) is 0 Å². The predicted molar refractivity (Wildman–Crippen MR) is 72.3 cm³/mol. The molecule has 0 saturated heterocycles. The minimum Gasteiger partial charge on any atom is -0.298 e. The molecular weight excluding hydrogens is 260 g/mol. The molecule has 96 valence electrons. The number of halogens is 3. The second kappa shape index (κ2) is 7.91. The van der Waals surface area contributed by atoms with Crippen LogP contribution in [0.5, 0.6) is 0 Å². The smallest absolute Gasteiger partial charge is 0.146 e. The van der Waals surface area contributed by atoms with Gasteiger partial charge in [0, 0.05) is 24.5 Å². The summed E-state index contributed by atoms with van der Waals surface area (Å²) in [5, 5.41) is 0.184. The fourth-order valence-corrected chi connectivity index (χ4v) is 2.12. The van der Waals surface area contributed by atoms with Gasteiger partial charge < -0.3 is 0 Å². The highest BCUT2D eigenvalue weighted by atomic mass is 35.5. The van der Waals surface area contributed by atoms with Gasteiger partial charge in [-0.05, 0) is 19.0 Å². The van der Waals surface area contributed by atoms with Crippen LogP contribution in [0.4, 0.5) is 4.39 Å². The number of benzene rings is 1. The zero-order chi connectivity index (χ0) is 12.7. The molecular formula is C13H18Cl2FN. The van der Waals surface area contributed by atoms with Gasteiger partial charge in [-0.3, -0.25) is 4.90 Å². The molecule has 1 nitrogen and oxygen atoms in total. The second-order valence-electron chi connectivity index (χ2n) is 4.03. The van der Waals surface area contributed by atoms with Gasteiger partial charge in [-0.25, -0.2) is 4.39 Å². The Morgan fingerprint density at radius 1 is 1.29 bits per heavy atom. The molecule has 0 unspecified atom stereocenters. The van der Waals surface area contributed by atoms with Gasteiger partial charge in [0.2, 0.25) is 0 Å². The van der Waals surface area contributed by atoms with Crippen LogP contribution < -0.4 is 0 Å². The summed E-state index contributed by atoms with van der Waals surface area (Å²) in [4.78, 5) is 2.16. The maximum absolute atomic E-state index is 13.7. The molecule has 0 aliphatic heterocycles. The van der Waals surface area contributed by atoms with E-state index >= 15 is 0 Å². The summed E-state index contributed by atoms with van der Waals surface area (Å²) in [6.45, 7) is 4.42. The summed E-state index contributed by atoms with van der Waals surface area (Å²) >= 11 is 11.5. The normalized spacial score (nSPS) is 11.1. The van der Waals surface area contributed by atoms with Gasteiger partial charge >= 0.3 is 0 Å². The molecule has 17 heavy (non-hydrogen) atoms.